The molecule has 116 valence electrons. The minimum atomic E-state index is -0.305. The first-order chi connectivity index (χ1) is 9.95. The number of nitrogens with two attached hydrogens (primary N) is 1. The van der Waals surface area contributed by atoms with Crippen molar-refractivity contribution in [1.29, 1.82) is 0 Å². The molecule has 1 aromatic rings. The Hall–Kier alpha value is -1.50. The van der Waals surface area contributed by atoms with Crippen molar-refractivity contribution >= 4 is 23.5 Å². The number of aromatic amines is 1. The molecule has 1 amide bonds. The molecule has 1 fully saturated rings. The normalized spacial score (nSPS) is 25.5. The van der Waals surface area contributed by atoms with Gasteiger partial charge in [-0.15, -0.1) is 0 Å². The molecule has 0 bridgehead atoms. The fraction of sp³-hybridized carbons (Fsp3) is 0.643. The second-order valence-corrected chi connectivity index (χ2v) is 6.67. The molecule has 0 unspecified atom stereocenters. The van der Waals surface area contributed by atoms with E-state index in [2.05, 4.69) is 29.1 Å². The lowest BCUT2D eigenvalue weighted by molar-refractivity contribution is -0.120. The molecule has 0 spiro atoms. The van der Waals surface area contributed by atoms with Gasteiger partial charge in [-0.2, -0.15) is 0 Å². The number of nitrogens with zero attached hydrogens (tertiary/aromatic N) is 1. The molecule has 1 heterocycles. The number of rotatable bonds is 4. The van der Waals surface area contributed by atoms with Crippen molar-refractivity contribution in [3.05, 3.63) is 16.4 Å². The third-order valence-corrected chi connectivity index (χ3v) is 5.01. The molecule has 0 aliphatic heterocycles. The van der Waals surface area contributed by atoms with Crippen molar-refractivity contribution in [3.63, 3.8) is 0 Å². The van der Waals surface area contributed by atoms with E-state index in [9.17, 15) is 9.59 Å². The molecule has 7 heteroatoms. The maximum atomic E-state index is 12.0. The van der Waals surface area contributed by atoms with Crippen LogP contribution in [0.4, 0.5) is 5.82 Å². The number of anilines is 1. The van der Waals surface area contributed by atoms with Crippen LogP contribution in [0.2, 0.25) is 0 Å². The summed E-state index contributed by atoms with van der Waals surface area (Å²) in [7, 11) is 0. The van der Waals surface area contributed by atoms with Crippen LogP contribution in [0, 0.1) is 11.8 Å². The Morgan fingerprint density at radius 2 is 2.29 bits per heavy atom. The summed E-state index contributed by atoms with van der Waals surface area (Å²) in [5, 5.41) is 3.46. The topological polar surface area (TPSA) is 101 Å². The van der Waals surface area contributed by atoms with Crippen LogP contribution in [-0.2, 0) is 4.79 Å². The Labute approximate surface area is 128 Å². The van der Waals surface area contributed by atoms with Crippen molar-refractivity contribution < 1.29 is 4.79 Å². The second kappa shape index (κ2) is 6.98. The average Bonchev–Trinajstić information content (AvgIpc) is 2.41. The third-order valence-electron chi connectivity index (χ3n) is 4.13. The van der Waals surface area contributed by atoms with Crippen LogP contribution in [0.25, 0.3) is 0 Å². The Kier molecular flexibility index (Phi) is 5.27. The lowest BCUT2D eigenvalue weighted by Gasteiger charge is -2.34. The maximum Gasteiger partial charge on any atom is 0.253 e. The van der Waals surface area contributed by atoms with Gasteiger partial charge in [-0.25, -0.2) is 4.98 Å². The number of hydrogen-bond donors (Lipinski definition) is 3. The standard InChI is InChI=1S/C14H22N4O2S/c1-8-4-3-5-10(9(8)2)16-13(20)7-21-14-17-11(15)6-12(19)18-14/h6,8-10H,3-5,7H2,1-2H3,(H,16,20)(H3,15,17,18,19)/t8-,9+,10+/m0/s1. The minimum Gasteiger partial charge on any atom is -0.383 e. The first-order valence-corrected chi connectivity index (χ1v) is 8.23. The van der Waals surface area contributed by atoms with Gasteiger partial charge in [0.1, 0.15) is 5.82 Å². The summed E-state index contributed by atoms with van der Waals surface area (Å²) in [6.07, 6.45) is 3.43. The fourth-order valence-electron chi connectivity index (χ4n) is 2.69. The number of carbonyl (C=O) groups is 1. The van der Waals surface area contributed by atoms with E-state index in [0.717, 1.165) is 12.8 Å². The molecule has 1 aliphatic carbocycles. The van der Waals surface area contributed by atoms with Crippen LogP contribution in [0.15, 0.2) is 16.0 Å². The van der Waals surface area contributed by atoms with Crippen LogP contribution >= 0.6 is 11.8 Å². The number of carbonyl (C=O) groups excluding carboxylic acids is 1. The van der Waals surface area contributed by atoms with E-state index in [0.29, 0.717) is 17.0 Å². The molecule has 1 aliphatic rings. The first-order valence-electron chi connectivity index (χ1n) is 7.24. The van der Waals surface area contributed by atoms with Gasteiger partial charge in [-0.1, -0.05) is 38.5 Å². The number of nitrogens with one attached hydrogen (secondary N) is 2. The number of amides is 1. The average molecular weight is 310 g/mol. The summed E-state index contributed by atoms with van der Waals surface area (Å²) in [6, 6.07) is 1.46. The molecule has 6 nitrogen and oxygen atoms in total. The quantitative estimate of drug-likeness (QED) is 0.576. The number of thioether (sulfide) groups is 1. The molecular weight excluding hydrogens is 288 g/mol. The zero-order valence-electron chi connectivity index (χ0n) is 12.4. The molecule has 2 rings (SSSR count). The van der Waals surface area contributed by atoms with E-state index >= 15 is 0 Å². The predicted octanol–water partition coefficient (Wildman–Crippen LogP) is 1.39. The van der Waals surface area contributed by atoms with Crippen LogP contribution in [0.3, 0.4) is 0 Å². The molecule has 3 atom stereocenters. The van der Waals surface area contributed by atoms with E-state index in [1.54, 1.807) is 0 Å². The van der Waals surface area contributed by atoms with Gasteiger partial charge in [-0.3, -0.25) is 9.59 Å². The third kappa shape index (κ3) is 4.49. The predicted molar refractivity (Wildman–Crippen MR) is 84.1 cm³/mol. The molecule has 21 heavy (non-hydrogen) atoms. The Balaban J connectivity index is 1.86. The zero-order valence-corrected chi connectivity index (χ0v) is 13.2. The Morgan fingerprint density at radius 3 is 3.00 bits per heavy atom. The summed E-state index contributed by atoms with van der Waals surface area (Å²) in [5.41, 5.74) is 5.20. The molecule has 4 N–H and O–H groups in total. The molecule has 1 saturated carbocycles. The van der Waals surface area contributed by atoms with Crippen molar-refractivity contribution in [3.8, 4) is 0 Å². The van der Waals surface area contributed by atoms with E-state index in [-0.39, 0.29) is 29.1 Å². The molecular formula is C14H22N4O2S. The molecule has 1 aromatic heterocycles. The maximum absolute atomic E-state index is 12.0. The highest BCUT2D eigenvalue weighted by Crippen LogP contribution is 2.29. The highest BCUT2D eigenvalue weighted by atomic mass is 32.2. The highest BCUT2D eigenvalue weighted by molar-refractivity contribution is 7.99. The zero-order chi connectivity index (χ0) is 15.4. The Bertz CT molecular complexity index is 560. The second-order valence-electron chi connectivity index (χ2n) is 5.71. The minimum absolute atomic E-state index is 0.0315. The van der Waals surface area contributed by atoms with E-state index in [1.165, 1.54) is 24.2 Å². The number of aromatic nitrogens is 2. The summed E-state index contributed by atoms with van der Waals surface area (Å²) in [5.74, 6) is 1.50. The fourth-order valence-corrected chi connectivity index (χ4v) is 3.38. The first kappa shape index (κ1) is 15.9. The summed E-state index contributed by atoms with van der Waals surface area (Å²) in [4.78, 5) is 29.8. The van der Waals surface area contributed by atoms with Gasteiger partial charge in [0.25, 0.3) is 5.56 Å². The Morgan fingerprint density at radius 1 is 1.52 bits per heavy atom. The number of hydrogen-bond acceptors (Lipinski definition) is 5. The summed E-state index contributed by atoms with van der Waals surface area (Å²) in [6.45, 7) is 4.43. The van der Waals surface area contributed by atoms with Gasteiger partial charge in [0.2, 0.25) is 5.91 Å². The van der Waals surface area contributed by atoms with Gasteiger partial charge in [0, 0.05) is 12.1 Å². The molecule has 0 aromatic carbocycles. The van der Waals surface area contributed by atoms with E-state index in [1.807, 2.05) is 0 Å². The highest BCUT2D eigenvalue weighted by Gasteiger charge is 2.27. The smallest absolute Gasteiger partial charge is 0.253 e. The monoisotopic (exact) mass is 310 g/mol. The SMILES string of the molecule is C[C@@H]1[C@@H](C)CCC[C@H]1NC(=O)CSc1nc(N)cc(=O)[nH]1. The molecule has 0 radical (unpaired) electrons. The van der Waals surface area contributed by atoms with Gasteiger partial charge in [0.05, 0.1) is 5.75 Å². The summed E-state index contributed by atoms with van der Waals surface area (Å²) >= 11 is 1.19. The van der Waals surface area contributed by atoms with Crippen molar-refractivity contribution in [2.45, 2.75) is 44.3 Å². The van der Waals surface area contributed by atoms with Crippen molar-refractivity contribution in [1.82, 2.24) is 15.3 Å². The van der Waals surface area contributed by atoms with Crippen molar-refractivity contribution in [2.75, 3.05) is 11.5 Å². The summed E-state index contributed by atoms with van der Waals surface area (Å²) < 4.78 is 0. The van der Waals surface area contributed by atoms with Gasteiger partial charge >= 0.3 is 0 Å². The lowest BCUT2D eigenvalue weighted by Crippen LogP contribution is -2.44. The number of H-pyrrole nitrogens is 1. The van der Waals surface area contributed by atoms with Gasteiger partial charge < -0.3 is 16.0 Å². The van der Waals surface area contributed by atoms with Crippen molar-refractivity contribution in [2.24, 2.45) is 11.8 Å². The van der Waals surface area contributed by atoms with Crippen LogP contribution < -0.4 is 16.6 Å². The van der Waals surface area contributed by atoms with E-state index < -0.39 is 0 Å². The van der Waals surface area contributed by atoms with Gasteiger partial charge in [-0.05, 0) is 18.3 Å². The van der Waals surface area contributed by atoms with Crippen LogP contribution in [0.1, 0.15) is 33.1 Å². The largest absolute Gasteiger partial charge is 0.383 e. The van der Waals surface area contributed by atoms with Crippen LogP contribution in [0.5, 0.6) is 0 Å². The van der Waals surface area contributed by atoms with Gasteiger partial charge in [0.15, 0.2) is 5.16 Å². The lowest BCUT2D eigenvalue weighted by atomic mass is 9.78. The molecule has 0 saturated heterocycles. The van der Waals surface area contributed by atoms with Crippen LogP contribution in [-0.4, -0.2) is 27.7 Å². The number of nitrogen functional groups attached to an aromatic ring is 1. The van der Waals surface area contributed by atoms with E-state index in [4.69, 9.17) is 5.73 Å².